The van der Waals surface area contributed by atoms with Crippen LogP contribution in [0.15, 0.2) is 29.3 Å². The van der Waals surface area contributed by atoms with Crippen molar-refractivity contribution in [2.24, 2.45) is 4.99 Å². The Morgan fingerprint density at radius 2 is 1.96 bits per heavy atom. The molecule has 0 radical (unpaired) electrons. The highest BCUT2D eigenvalue weighted by molar-refractivity contribution is 14.0. The predicted molar refractivity (Wildman–Crippen MR) is 131 cm³/mol. The Morgan fingerprint density at radius 3 is 2.68 bits per heavy atom. The van der Waals surface area contributed by atoms with Gasteiger partial charge in [0.1, 0.15) is 0 Å². The summed E-state index contributed by atoms with van der Waals surface area (Å²) in [5.41, 5.74) is 2.67. The molecule has 6 heteroatoms. The summed E-state index contributed by atoms with van der Waals surface area (Å²) < 4.78 is 0. The van der Waals surface area contributed by atoms with Gasteiger partial charge in [0.15, 0.2) is 5.96 Å². The lowest BCUT2D eigenvalue weighted by atomic mass is 10.1. The molecule has 2 fully saturated rings. The van der Waals surface area contributed by atoms with Crippen LogP contribution in [-0.2, 0) is 0 Å². The van der Waals surface area contributed by atoms with Crippen LogP contribution in [0.25, 0.3) is 0 Å². The Balaban J connectivity index is 0.00000280. The van der Waals surface area contributed by atoms with Gasteiger partial charge in [0.25, 0.3) is 0 Å². The van der Waals surface area contributed by atoms with E-state index in [1.807, 2.05) is 0 Å². The van der Waals surface area contributed by atoms with Gasteiger partial charge in [-0.15, -0.1) is 24.0 Å². The minimum Gasteiger partial charge on any atom is -0.372 e. The van der Waals surface area contributed by atoms with Gasteiger partial charge >= 0.3 is 0 Å². The Labute approximate surface area is 188 Å². The summed E-state index contributed by atoms with van der Waals surface area (Å²) in [6.45, 7) is 13.1. The molecule has 158 valence electrons. The van der Waals surface area contributed by atoms with Gasteiger partial charge in [0.05, 0.1) is 12.6 Å². The minimum atomic E-state index is 0. The second kappa shape index (κ2) is 11.9. The number of nitrogens with one attached hydrogen (secondary N) is 2. The van der Waals surface area contributed by atoms with Gasteiger partial charge in [-0.25, -0.2) is 0 Å². The molecule has 28 heavy (non-hydrogen) atoms. The van der Waals surface area contributed by atoms with Gasteiger partial charge in [-0.05, 0) is 70.3 Å². The summed E-state index contributed by atoms with van der Waals surface area (Å²) in [6.07, 6.45) is 5.19. The molecular formula is C22H38IN5. The summed E-state index contributed by atoms with van der Waals surface area (Å²) in [7, 11) is 0. The largest absolute Gasteiger partial charge is 0.372 e. The maximum atomic E-state index is 4.90. The van der Waals surface area contributed by atoms with Gasteiger partial charge in [-0.2, -0.15) is 0 Å². The zero-order valence-electron chi connectivity index (χ0n) is 17.8. The smallest absolute Gasteiger partial charge is 0.191 e. The third kappa shape index (κ3) is 6.24. The summed E-state index contributed by atoms with van der Waals surface area (Å²) in [6, 6.07) is 9.80. The van der Waals surface area contributed by atoms with Gasteiger partial charge in [-0.1, -0.05) is 19.1 Å². The standard InChI is InChI=1S/C22H37N5.HI/c1-4-23-22(24-17-21-12-9-15-26(21)5-2)25-18(3)19-10-8-11-20(16-19)27-13-6-7-14-27;/h8,10-11,16,18,21H,4-7,9,12-15,17H2,1-3H3,(H2,23,24,25);1H. The van der Waals surface area contributed by atoms with Crippen LogP contribution >= 0.6 is 24.0 Å². The molecule has 2 saturated heterocycles. The number of aliphatic imine (C=N–C) groups is 1. The van der Waals surface area contributed by atoms with Crippen molar-refractivity contribution >= 4 is 35.6 Å². The van der Waals surface area contributed by atoms with Crippen molar-refractivity contribution in [2.75, 3.05) is 44.2 Å². The van der Waals surface area contributed by atoms with Crippen LogP contribution in [0, 0.1) is 0 Å². The molecule has 0 aliphatic carbocycles. The normalized spacial score (nSPS) is 21.5. The lowest BCUT2D eigenvalue weighted by molar-refractivity contribution is 0.273. The molecular weight excluding hydrogens is 461 g/mol. The zero-order valence-corrected chi connectivity index (χ0v) is 20.1. The van der Waals surface area contributed by atoms with Crippen LogP contribution in [0.4, 0.5) is 5.69 Å². The van der Waals surface area contributed by atoms with Crippen molar-refractivity contribution in [1.29, 1.82) is 0 Å². The van der Waals surface area contributed by atoms with Crippen LogP contribution in [0.5, 0.6) is 0 Å². The number of hydrogen-bond donors (Lipinski definition) is 2. The molecule has 2 heterocycles. The molecule has 2 aliphatic heterocycles. The number of likely N-dealkylation sites (tertiary alicyclic amines) is 1. The fourth-order valence-corrected chi connectivity index (χ4v) is 4.29. The Hall–Kier alpha value is -1.02. The number of guanidine groups is 1. The summed E-state index contributed by atoms with van der Waals surface area (Å²) >= 11 is 0. The number of anilines is 1. The van der Waals surface area contributed by atoms with Crippen LogP contribution in [0.3, 0.4) is 0 Å². The fraction of sp³-hybridized carbons (Fsp3) is 0.682. The van der Waals surface area contributed by atoms with Crippen molar-refractivity contribution in [3.63, 3.8) is 0 Å². The first kappa shape index (κ1) is 23.3. The zero-order chi connectivity index (χ0) is 19.1. The molecule has 2 atom stereocenters. The number of rotatable bonds is 7. The lowest BCUT2D eigenvalue weighted by Crippen LogP contribution is -2.40. The van der Waals surface area contributed by atoms with E-state index >= 15 is 0 Å². The second-order valence-electron chi connectivity index (χ2n) is 7.80. The molecule has 2 N–H and O–H groups in total. The van der Waals surface area contributed by atoms with E-state index in [1.165, 1.54) is 56.6 Å². The van der Waals surface area contributed by atoms with Crippen molar-refractivity contribution in [3.05, 3.63) is 29.8 Å². The molecule has 2 unspecified atom stereocenters. The number of likely N-dealkylation sites (N-methyl/N-ethyl adjacent to an activating group) is 1. The Morgan fingerprint density at radius 1 is 1.18 bits per heavy atom. The van der Waals surface area contributed by atoms with E-state index in [4.69, 9.17) is 4.99 Å². The van der Waals surface area contributed by atoms with Crippen molar-refractivity contribution in [2.45, 2.75) is 58.5 Å². The fourth-order valence-electron chi connectivity index (χ4n) is 4.29. The first-order valence-corrected chi connectivity index (χ1v) is 10.8. The number of benzene rings is 1. The highest BCUT2D eigenvalue weighted by atomic mass is 127. The van der Waals surface area contributed by atoms with E-state index in [1.54, 1.807) is 0 Å². The van der Waals surface area contributed by atoms with E-state index in [0.29, 0.717) is 6.04 Å². The number of nitrogens with zero attached hydrogens (tertiary/aromatic N) is 3. The maximum Gasteiger partial charge on any atom is 0.191 e. The third-order valence-electron chi connectivity index (χ3n) is 5.90. The molecule has 5 nitrogen and oxygen atoms in total. The molecule has 3 rings (SSSR count). The molecule has 0 aromatic heterocycles. The molecule has 0 spiro atoms. The van der Waals surface area contributed by atoms with Crippen LogP contribution in [0.2, 0.25) is 0 Å². The van der Waals surface area contributed by atoms with E-state index in [9.17, 15) is 0 Å². The van der Waals surface area contributed by atoms with Gasteiger partial charge in [0.2, 0.25) is 0 Å². The van der Waals surface area contributed by atoms with E-state index in [2.05, 4.69) is 65.5 Å². The summed E-state index contributed by atoms with van der Waals surface area (Å²) in [4.78, 5) is 9.95. The monoisotopic (exact) mass is 499 g/mol. The van der Waals surface area contributed by atoms with E-state index < -0.39 is 0 Å². The first-order chi connectivity index (χ1) is 13.2. The van der Waals surface area contributed by atoms with Crippen LogP contribution < -0.4 is 15.5 Å². The minimum absolute atomic E-state index is 0. The van der Waals surface area contributed by atoms with Gasteiger partial charge in [0, 0.05) is 31.4 Å². The molecule has 1 aromatic rings. The second-order valence-corrected chi connectivity index (χ2v) is 7.80. The Bertz CT molecular complexity index is 615. The van der Waals surface area contributed by atoms with Crippen molar-refractivity contribution in [1.82, 2.24) is 15.5 Å². The average Bonchev–Trinajstić information content (AvgIpc) is 3.38. The highest BCUT2D eigenvalue weighted by Gasteiger charge is 2.22. The van der Waals surface area contributed by atoms with E-state index in [0.717, 1.165) is 25.6 Å². The predicted octanol–water partition coefficient (Wildman–Crippen LogP) is 4.01. The third-order valence-corrected chi connectivity index (χ3v) is 5.90. The molecule has 0 amide bonds. The van der Waals surface area contributed by atoms with Gasteiger partial charge in [-0.3, -0.25) is 9.89 Å². The highest BCUT2D eigenvalue weighted by Crippen LogP contribution is 2.24. The summed E-state index contributed by atoms with van der Waals surface area (Å²) in [5.74, 6) is 0.930. The lowest BCUT2D eigenvalue weighted by Gasteiger charge is -2.23. The molecule has 0 bridgehead atoms. The quantitative estimate of drug-likeness (QED) is 0.338. The van der Waals surface area contributed by atoms with Crippen molar-refractivity contribution < 1.29 is 0 Å². The Kier molecular flexibility index (Phi) is 9.85. The topological polar surface area (TPSA) is 42.9 Å². The average molecular weight is 499 g/mol. The molecule has 2 aliphatic rings. The van der Waals surface area contributed by atoms with Gasteiger partial charge < -0.3 is 15.5 Å². The van der Waals surface area contributed by atoms with Crippen LogP contribution in [-0.4, -0.2) is 56.2 Å². The molecule has 1 aromatic carbocycles. The first-order valence-electron chi connectivity index (χ1n) is 10.8. The molecule has 0 saturated carbocycles. The van der Waals surface area contributed by atoms with Crippen molar-refractivity contribution in [3.8, 4) is 0 Å². The number of halogens is 1. The van der Waals surface area contributed by atoms with E-state index in [-0.39, 0.29) is 30.0 Å². The number of hydrogen-bond acceptors (Lipinski definition) is 3. The SMILES string of the molecule is CCNC(=NCC1CCCN1CC)NC(C)c1cccc(N2CCCC2)c1.I. The maximum absolute atomic E-state index is 4.90. The van der Waals surface area contributed by atoms with Crippen LogP contribution in [0.1, 0.15) is 58.1 Å². The summed E-state index contributed by atoms with van der Waals surface area (Å²) in [5, 5.41) is 7.03.